The van der Waals surface area contributed by atoms with Crippen molar-refractivity contribution >= 4 is 11.7 Å². The lowest BCUT2D eigenvalue weighted by atomic mass is 10.2. The summed E-state index contributed by atoms with van der Waals surface area (Å²) in [4.78, 5) is 18.3. The summed E-state index contributed by atoms with van der Waals surface area (Å²) >= 11 is 0. The van der Waals surface area contributed by atoms with E-state index in [4.69, 9.17) is 10.00 Å². The molecule has 1 saturated carbocycles. The topological polar surface area (TPSA) is 78.2 Å². The van der Waals surface area contributed by atoms with Crippen molar-refractivity contribution in [1.82, 2.24) is 10.3 Å². The minimum absolute atomic E-state index is 0.0476. The lowest BCUT2D eigenvalue weighted by Gasteiger charge is -2.33. The first kappa shape index (κ1) is 12.9. The summed E-state index contributed by atoms with van der Waals surface area (Å²) in [7, 11) is 0. The van der Waals surface area contributed by atoms with Gasteiger partial charge in [0.2, 0.25) is 0 Å². The van der Waals surface area contributed by atoms with Crippen molar-refractivity contribution in [2.75, 3.05) is 24.6 Å². The van der Waals surface area contributed by atoms with Gasteiger partial charge in [0, 0.05) is 18.8 Å². The molecule has 2 fully saturated rings. The van der Waals surface area contributed by atoms with Crippen LogP contribution in [0.5, 0.6) is 0 Å². The van der Waals surface area contributed by atoms with E-state index in [1.807, 2.05) is 4.90 Å². The molecule has 6 nitrogen and oxygen atoms in total. The zero-order valence-corrected chi connectivity index (χ0v) is 11.1. The molecule has 1 aliphatic carbocycles. The van der Waals surface area contributed by atoms with E-state index in [1.54, 1.807) is 18.3 Å². The van der Waals surface area contributed by atoms with E-state index in [2.05, 4.69) is 16.4 Å². The van der Waals surface area contributed by atoms with Crippen LogP contribution in [-0.2, 0) is 9.53 Å². The molecule has 3 rings (SSSR count). The van der Waals surface area contributed by atoms with Crippen LogP contribution in [0.1, 0.15) is 18.4 Å². The van der Waals surface area contributed by atoms with Crippen LogP contribution in [0.3, 0.4) is 0 Å². The first-order chi connectivity index (χ1) is 9.76. The minimum Gasteiger partial charge on any atom is -0.365 e. The molecule has 1 amide bonds. The standard InChI is InChI=1S/C14H16N4O2/c15-8-10-3-4-16-13(7-10)18-5-6-20-12(9-18)14(19)17-11-1-2-11/h3-4,7,11-12H,1-2,5-6,9H2,(H,17,19). The van der Waals surface area contributed by atoms with Crippen molar-refractivity contribution in [2.24, 2.45) is 0 Å². The molecule has 0 radical (unpaired) electrons. The van der Waals surface area contributed by atoms with E-state index in [0.717, 1.165) is 18.7 Å². The maximum Gasteiger partial charge on any atom is 0.251 e. The average Bonchev–Trinajstić information content (AvgIpc) is 3.31. The molecule has 2 heterocycles. The van der Waals surface area contributed by atoms with Crippen molar-refractivity contribution in [1.29, 1.82) is 5.26 Å². The fourth-order valence-electron chi connectivity index (χ4n) is 2.20. The highest BCUT2D eigenvalue weighted by Gasteiger charge is 2.31. The molecule has 0 aromatic carbocycles. The number of rotatable bonds is 3. The number of carbonyl (C=O) groups excluding carboxylic acids is 1. The fraction of sp³-hybridized carbons (Fsp3) is 0.500. The molecule has 1 atom stereocenters. The van der Waals surface area contributed by atoms with E-state index in [0.29, 0.717) is 31.3 Å². The minimum atomic E-state index is -0.461. The molecule has 1 aliphatic heterocycles. The predicted octanol–water partition coefficient (Wildman–Crippen LogP) is 0.437. The number of amides is 1. The molecule has 6 heteroatoms. The molecule has 1 aromatic rings. The molecule has 0 bridgehead atoms. The van der Waals surface area contributed by atoms with Gasteiger partial charge in [-0.25, -0.2) is 4.98 Å². The van der Waals surface area contributed by atoms with E-state index >= 15 is 0 Å². The number of morpholine rings is 1. The third-order valence-electron chi connectivity index (χ3n) is 3.48. The lowest BCUT2D eigenvalue weighted by Crippen LogP contribution is -2.50. The first-order valence-corrected chi connectivity index (χ1v) is 6.79. The third-order valence-corrected chi connectivity index (χ3v) is 3.48. The number of nitrogens with zero attached hydrogens (tertiary/aromatic N) is 3. The number of nitriles is 1. The largest absolute Gasteiger partial charge is 0.365 e. The Morgan fingerprint density at radius 1 is 1.55 bits per heavy atom. The molecular weight excluding hydrogens is 256 g/mol. The van der Waals surface area contributed by atoms with Gasteiger partial charge in [-0.1, -0.05) is 0 Å². The highest BCUT2D eigenvalue weighted by Crippen LogP contribution is 2.20. The van der Waals surface area contributed by atoms with Crippen LogP contribution < -0.4 is 10.2 Å². The van der Waals surface area contributed by atoms with Gasteiger partial charge in [0.1, 0.15) is 5.82 Å². The Hall–Kier alpha value is -2.13. The van der Waals surface area contributed by atoms with Crippen LogP contribution >= 0.6 is 0 Å². The Balaban J connectivity index is 1.67. The Morgan fingerprint density at radius 2 is 2.40 bits per heavy atom. The highest BCUT2D eigenvalue weighted by atomic mass is 16.5. The van der Waals surface area contributed by atoms with Gasteiger partial charge in [0.05, 0.1) is 24.8 Å². The molecule has 0 spiro atoms. The molecule has 104 valence electrons. The third kappa shape index (κ3) is 2.89. The van der Waals surface area contributed by atoms with Crippen LogP contribution in [0.2, 0.25) is 0 Å². The average molecular weight is 272 g/mol. The monoisotopic (exact) mass is 272 g/mol. The number of ether oxygens (including phenoxy) is 1. The van der Waals surface area contributed by atoms with Gasteiger partial charge < -0.3 is 15.0 Å². The molecular formula is C14H16N4O2. The molecule has 1 saturated heterocycles. The van der Waals surface area contributed by atoms with Gasteiger partial charge in [0.25, 0.3) is 5.91 Å². The number of pyridine rings is 1. The SMILES string of the molecule is N#Cc1ccnc(N2CCOC(C(=O)NC3CC3)C2)c1. The van der Waals surface area contributed by atoms with Gasteiger partial charge in [-0.15, -0.1) is 0 Å². The second kappa shape index (κ2) is 5.47. The number of anilines is 1. The van der Waals surface area contributed by atoms with Crippen LogP contribution in [-0.4, -0.2) is 42.7 Å². The van der Waals surface area contributed by atoms with Crippen molar-refractivity contribution in [2.45, 2.75) is 25.0 Å². The summed E-state index contributed by atoms with van der Waals surface area (Å²) in [6.45, 7) is 1.64. The van der Waals surface area contributed by atoms with Crippen LogP contribution in [0.25, 0.3) is 0 Å². The van der Waals surface area contributed by atoms with Crippen LogP contribution in [0.4, 0.5) is 5.82 Å². The number of aromatic nitrogens is 1. The normalized spacial score (nSPS) is 22.1. The summed E-state index contributed by atoms with van der Waals surface area (Å²) in [6, 6.07) is 5.84. The highest BCUT2D eigenvalue weighted by molar-refractivity contribution is 5.82. The molecule has 20 heavy (non-hydrogen) atoms. The maximum absolute atomic E-state index is 12.0. The molecule has 1 unspecified atom stereocenters. The van der Waals surface area contributed by atoms with Gasteiger partial charge in [-0.05, 0) is 25.0 Å². The maximum atomic E-state index is 12.0. The first-order valence-electron chi connectivity index (χ1n) is 6.79. The van der Waals surface area contributed by atoms with Gasteiger partial charge in [0.15, 0.2) is 6.10 Å². The number of hydrogen-bond donors (Lipinski definition) is 1. The van der Waals surface area contributed by atoms with E-state index in [9.17, 15) is 4.79 Å². The van der Waals surface area contributed by atoms with Gasteiger partial charge >= 0.3 is 0 Å². The Kier molecular flexibility index (Phi) is 3.52. The Bertz CT molecular complexity index is 550. The summed E-state index contributed by atoms with van der Waals surface area (Å²) in [5, 5.41) is 11.9. The number of hydrogen-bond acceptors (Lipinski definition) is 5. The van der Waals surface area contributed by atoms with Crippen molar-refractivity contribution in [3.05, 3.63) is 23.9 Å². The number of nitrogens with one attached hydrogen (secondary N) is 1. The van der Waals surface area contributed by atoms with Crippen LogP contribution in [0.15, 0.2) is 18.3 Å². The zero-order valence-electron chi connectivity index (χ0n) is 11.1. The summed E-state index contributed by atoms with van der Waals surface area (Å²) in [6.07, 6.45) is 3.28. The lowest BCUT2D eigenvalue weighted by molar-refractivity contribution is -0.133. The summed E-state index contributed by atoms with van der Waals surface area (Å²) < 4.78 is 5.53. The fourth-order valence-corrected chi connectivity index (χ4v) is 2.20. The Morgan fingerprint density at radius 3 is 3.15 bits per heavy atom. The second-order valence-corrected chi connectivity index (χ2v) is 5.10. The second-order valence-electron chi connectivity index (χ2n) is 5.10. The van der Waals surface area contributed by atoms with Crippen LogP contribution in [0, 0.1) is 11.3 Å². The van der Waals surface area contributed by atoms with E-state index in [1.165, 1.54) is 0 Å². The van der Waals surface area contributed by atoms with E-state index < -0.39 is 6.10 Å². The quantitative estimate of drug-likeness (QED) is 0.863. The van der Waals surface area contributed by atoms with Crippen molar-refractivity contribution in [3.8, 4) is 6.07 Å². The van der Waals surface area contributed by atoms with E-state index in [-0.39, 0.29) is 5.91 Å². The summed E-state index contributed by atoms with van der Waals surface area (Å²) in [5.41, 5.74) is 0.570. The molecule has 1 aromatic heterocycles. The Labute approximate surface area is 117 Å². The van der Waals surface area contributed by atoms with Gasteiger partial charge in [-0.2, -0.15) is 5.26 Å². The van der Waals surface area contributed by atoms with Gasteiger partial charge in [-0.3, -0.25) is 4.79 Å². The summed E-state index contributed by atoms with van der Waals surface area (Å²) in [5.74, 6) is 0.671. The smallest absolute Gasteiger partial charge is 0.251 e. The van der Waals surface area contributed by atoms with Crippen molar-refractivity contribution < 1.29 is 9.53 Å². The number of carbonyl (C=O) groups is 1. The molecule has 1 N–H and O–H groups in total. The van der Waals surface area contributed by atoms with Crippen molar-refractivity contribution in [3.63, 3.8) is 0 Å². The predicted molar refractivity (Wildman–Crippen MR) is 72.1 cm³/mol. The molecule has 2 aliphatic rings. The zero-order chi connectivity index (χ0) is 13.9.